The third-order valence-electron chi connectivity index (χ3n) is 3.06. The SMILES string of the molecule is CCOC(=O)C1=C(Nc2ccccc2)CCCC1. The molecule has 0 fully saturated rings. The summed E-state index contributed by atoms with van der Waals surface area (Å²) < 4.78 is 5.11. The van der Waals surface area contributed by atoms with Crippen molar-refractivity contribution in [2.75, 3.05) is 11.9 Å². The second kappa shape index (κ2) is 6.24. The van der Waals surface area contributed by atoms with Crippen LogP contribution >= 0.6 is 0 Å². The molecule has 1 aliphatic carbocycles. The number of ether oxygens (including phenoxy) is 1. The summed E-state index contributed by atoms with van der Waals surface area (Å²) in [6.07, 6.45) is 3.92. The fraction of sp³-hybridized carbons (Fsp3) is 0.400. The molecular formula is C15H19NO2. The maximum atomic E-state index is 11.9. The molecule has 1 aromatic rings. The molecule has 0 saturated heterocycles. The van der Waals surface area contributed by atoms with Crippen LogP contribution in [0.15, 0.2) is 41.6 Å². The number of rotatable bonds is 4. The molecule has 0 amide bonds. The Morgan fingerprint density at radius 1 is 1.22 bits per heavy atom. The monoisotopic (exact) mass is 245 g/mol. The number of esters is 1. The molecule has 18 heavy (non-hydrogen) atoms. The van der Waals surface area contributed by atoms with Gasteiger partial charge in [0.15, 0.2) is 0 Å². The van der Waals surface area contributed by atoms with Crippen molar-refractivity contribution >= 4 is 11.7 Å². The molecule has 0 spiro atoms. The zero-order chi connectivity index (χ0) is 12.8. The van der Waals surface area contributed by atoms with Crippen molar-refractivity contribution in [2.45, 2.75) is 32.6 Å². The minimum atomic E-state index is -0.171. The number of carbonyl (C=O) groups is 1. The quantitative estimate of drug-likeness (QED) is 0.825. The topological polar surface area (TPSA) is 38.3 Å². The molecule has 0 bridgehead atoms. The van der Waals surface area contributed by atoms with Gasteiger partial charge >= 0.3 is 5.97 Å². The van der Waals surface area contributed by atoms with Gasteiger partial charge in [0, 0.05) is 11.4 Å². The largest absolute Gasteiger partial charge is 0.463 e. The third kappa shape index (κ3) is 3.13. The second-order valence-corrected chi connectivity index (χ2v) is 4.38. The predicted molar refractivity (Wildman–Crippen MR) is 72.2 cm³/mol. The minimum Gasteiger partial charge on any atom is -0.463 e. The van der Waals surface area contributed by atoms with Gasteiger partial charge in [-0.2, -0.15) is 0 Å². The molecule has 2 rings (SSSR count). The summed E-state index contributed by atoms with van der Waals surface area (Å²) in [5, 5.41) is 3.35. The Labute approximate surface area is 108 Å². The van der Waals surface area contributed by atoms with Crippen molar-refractivity contribution < 1.29 is 9.53 Å². The van der Waals surface area contributed by atoms with E-state index in [1.165, 1.54) is 0 Å². The Hall–Kier alpha value is -1.77. The van der Waals surface area contributed by atoms with Gasteiger partial charge in [0.05, 0.1) is 12.2 Å². The number of benzene rings is 1. The lowest BCUT2D eigenvalue weighted by Crippen LogP contribution is -2.17. The van der Waals surface area contributed by atoms with Crippen LogP contribution < -0.4 is 5.32 Å². The highest BCUT2D eigenvalue weighted by Crippen LogP contribution is 2.26. The number of hydrogen-bond acceptors (Lipinski definition) is 3. The van der Waals surface area contributed by atoms with E-state index in [1.54, 1.807) is 0 Å². The first kappa shape index (κ1) is 12.7. The molecule has 1 N–H and O–H groups in total. The average Bonchev–Trinajstić information content (AvgIpc) is 2.41. The number of anilines is 1. The lowest BCUT2D eigenvalue weighted by Gasteiger charge is -2.20. The molecule has 3 heteroatoms. The smallest absolute Gasteiger partial charge is 0.335 e. The molecule has 0 radical (unpaired) electrons. The Balaban J connectivity index is 2.18. The summed E-state index contributed by atoms with van der Waals surface area (Å²) in [6.45, 7) is 2.27. The minimum absolute atomic E-state index is 0.171. The lowest BCUT2D eigenvalue weighted by atomic mass is 9.96. The second-order valence-electron chi connectivity index (χ2n) is 4.38. The van der Waals surface area contributed by atoms with Crippen molar-refractivity contribution in [3.8, 4) is 0 Å². The fourth-order valence-electron chi connectivity index (χ4n) is 2.18. The van der Waals surface area contributed by atoms with Crippen molar-refractivity contribution in [1.29, 1.82) is 0 Å². The van der Waals surface area contributed by atoms with Gasteiger partial charge in [-0.05, 0) is 44.7 Å². The van der Waals surface area contributed by atoms with Crippen molar-refractivity contribution in [1.82, 2.24) is 0 Å². The normalized spacial score (nSPS) is 15.4. The van der Waals surface area contributed by atoms with E-state index in [4.69, 9.17) is 4.74 Å². The Morgan fingerprint density at radius 2 is 1.94 bits per heavy atom. The number of hydrogen-bond donors (Lipinski definition) is 1. The van der Waals surface area contributed by atoms with Crippen molar-refractivity contribution in [3.63, 3.8) is 0 Å². The van der Waals surface area contributed by atoms with Crippen LogP contribution in [-0.2, 0) is 9.53 Å². The maximum Gasteiger partial charge on any atom is 0.335 e. The number of allylic oxidation sites excluding steroid dienone is 1. The average molecular weight is 245 g/mol. The number of carbonyl (C=O) groups excluding carboxylic acids is 1. The van der Waals surface area contributed by atoms with Crippen LogP contribution in [0.5, 0.6) is 0 Å². The molecule has 96 valence electrons. The van der Waals surface area contributed by atoms with E-state index < -0.39 is 0 Å². The van der Waals surface area contributed by atoms with E-state index in [-0.39, 0.29) is 5.97 Å². The summed E-state index contributed by atoms with van der Waals surface area (Å²) in [5.74, 6) is -0.171. The van der Waals surface area contributed by atoms with Gasteiger partial charge in [0.1, 0.15) is 0 Å². The molecular weight excluding hydrogens is 226 g/mol. The molecule has 0 heterocycles. The van der Waals surface area contributed by atoms with Crippen LogP contribution in [0.2, 0.25) is 0 Å². The van der Waals surface area contributed by atoms with Crippen LogP contribution in [0.4, 0.5) is 5.69 Å². The standard InChI is InChI=1S/C15H19NO2/c1-2-18-15(17)13-10-6-7-11-14(13)16-12-8-4-3-5-9-12/h3-5,8-9,16H,2,6-7,10-11H2,1H3. The molecule has 3 nitrogen and oxygen atoms in total. The third-order valence-corrected chi connectivity index (χ3v) is 3.06. The van der Waals surface area contributed by atoms with Crippen molar-refractivity contribution in [2.24, 2.45) is 0 Å². The van der Waals surface area contributed by atoms with E-state index >= 15 is 0 Å². The number of para-hydroxylation sites is 1. The first-order valence-electron chi connectivity index (χ1n) is 6.52. The molecule has 1 aliphatic rings. The van der Waals surface area contributed by atoms with Gasteiger partial charge in [0.2, 0.25) is 0 Å². The van der Waals surface area contributed by atoms with E-state index in [0.29, 0.717) is 6.61 Å². The molecule has 0 unspecified atom stereocenters. The van der Waals surface area contributed by atoms with E-state index in [9.17, 15) is 4.79 Å². The zero-order valence-electron chi connectivity index (χ0n) is 10.7. The van der Waals surface area contributed by atoms with Crippen LogP contribution in [0.25, 0.3) is 0 Å². The van der Waals surface area contributed by atoms with Gasteiger partial charge in [-0.3, -0.25) is 0 Å². The first-order valence-corrected chi connectivity index (χ1v) is 6.52. The molecule has 0 saturated carbocycles. The molecule has 0 atom stereocenters. The summed E-state index contributed by atoms with van der Waals surface area (Å²) in [5.41, 5.74) is 2.86. The summed E-state index contributed by atoms with van der Waals surface area (Å²) >= 11 is 0. The van der Waals surface area contributed by atoms with Gasteiger partial charge < -0.3 is 10.1 Å². The van der Waals surface area contributed by atoms with Crippen LogP contribution in [0.1, 0.15) is 32.6 Å². The predicted octanol–water partition coefficient (Wildman–Crippen LogP) is 3.49. The van der Waals surface area contributed by atoms with Gasteiger partial charge in [-0.25, -0.2) is 4.79 Å². The number of nitrogens with one attached hydrogen (secondary N) is 1. The van der Waals surface area contributed by atoms with E-state index in [0.717, 1.165) is 42.6 Å². The highest BCUT2D eigenvalue weighted by atomic mass is 16.5. The van der Waals surface area contributed by atoms with Gasteiger partial charge in [-0.1, -0.05) is 18.2 Å². The summed E-state index contributed by atoms with van der Waals surface area (Å²) in [4.78, 5) is 11.9. The Morgan fingerprint density at radius 3 is 2.67 bits per heavy atom. The van der Waals surface area contributed by atoms with Crippen LogP contribution in [0, 0.1) is 0 Å². The van der Waals surface area contributed by atoms with Crippen molar-refractivity contribution in [3.05, 3.63) is 41.6 Å². The molecule has 0 aliphatic heterocycles. The van der Waals surface area contributed by atoms with Crippen LogP contribution in [-0.4, -0.2) is 12.6 Å². The van der Waals surface area contributed by atoms with E-state index in [2.05, 4.69) is 5.32 Å². The van der Waals surface area contributed by atoms with Gasteiger partial charge in [0.25, 0.3) is 0 Å². The summed E-state index contributed by atoms with van der Waals surface area (Å²) in [7, 11) is 0. The zero-order valence-corrected chi connectivity index (χ0v) is 10.7. The highest BCUT2D eigenvalue weighted by molar-refractivity contribution is 5.90. The summed E-state index contributed by atoms with van der Waals surface area (Å²) in [6, 6.07) is 9.95. The van der Waals surface area contributed by atoms with E-state index in [1.807, 2.05) is 37.3 Å². The molecule has 1 aromatic carbocycles. The van der Waals surface area contributed by atoms with Gasteiger partial charge in [-0.15, -0.1) is 0 Å². The fourth-order valence-corrected chi connectivity index (χ4v) is 2.18. The highest BCUT2D eigenvalue weighted by Gasteiger charge is 2.20. The first-order chi connectivity index (χ1) is 8.81. The Kier molecular flexibility index (Phi) is 4.40. The maximum absolute atomic E-state index is 11.9. The van der Waals surface area contributed by atoms with Crippen LogP contribution in [0.3, 0.4) is 0 Å². The lowest BCUT2D eigenvalue weighted by molar-refractivity contribution is -0.138. The molecule has 0 aromatic heterocycles. The Bertz CT molecular complexity index is 437.